The summed E-state index contributed by atoms with van der Waals surface area (Å²) < 4.78 is 0. The van der Waals surface area contributed by atoms with Gasteiger partial charge in [-0.2, -0.15) is 0 Å². The molecule has 0 aromatic heterocycles. The van der Waals surface area contributed by atoms with Gasteiger partial charge in [0.2, 0.25) is 5.91 Å². The van der Waals surface area contributed by atoms with Crippen molar-refractivity contribution in [3.63, 3.8) is 0 Å². The molecule has 0 spiro atoms. The van der Waals surface area contributed by atoms with E-state index in [9.17, 15) is 4.79 Å². The van der Waals surface area contributed by atoms with Gasteiger partial charge in [-0.1, -0.05) is 25.0 Å². The molecule has 7 nitrogen and oxygen atoms in total. The van der Waals surface area contributed by atoms with Crippen LogP contribution in [0.4, 0.5) is 0 Å². The van der Waals surface area contributed by atoms with E-state index in [-0.39, 0.29) is 5.92 Å². The Morgan fingerprint density at radius 1 is 0.933 bits per heavy atom. The van der Waals surface area contributed by atoms with Crippen LogP contribution in [0.3, 0.4) is 0 Å². The molecule has 1 amide bonds. The summed E-state index contributed by atoms with van der Waals surface area (Å²) >= 11 is 1.78. The number of rotatable bonds is 4. The maximum Gasteiger partial charge on any atom is 0.414 e. The average molecular weight is 437 g/mol. The van der Waals surface area contributed by atoms with E-state index in [4.69, 9.17) is 19.8 Å². The van der Waals surface area contributed by atoms with Gasteiger partial charge in [0.1, 0.15) is 0 Å². The second-order valence-corrected chi connectivity index (χ2v) is 8.65. The van der Waals surface area contributed by atoms with Crippen LogP contribution < -0.4 is 0 Å². The van der Waals surface area contributed by atoms with Gasteiger partial charge in [-0.05, 0) is 56.2 Å². The molecule has 1 aromatic rings. The predicted molar refractivity (Wildman–Crippen MR) is 117 cm³/mol. The minimum absolute atomic E-state index is 0.210. The highest BCUT2D eigenvalue weighted by molar-refractivity contribution is 7.98. The number of carboxylic acid groups (broad SMARTS) is 2. The second-order valence-electron chi connectivity index (χ2n) is 7.77. The quantitative estimate of drug-likeness (QED) is 0.552. The Morgan fingerprint density at radius 2 is 1.53 bits per heavy atom. The zero-order valence-electron chi connectivity index (χ0n) is 17.6. The summed E-state index contributed by atoms with van der Waals surface area (Å²) in [4.78, 5) is 37.0. The lowest BCUT2D eigenvalue weighted by Gasteiger charge is -2.34. The first-order chi connectivity index (χ1) is 14.4. The highest BCUT2D eigenvalue weighted by Gasteiger charge is 2.29. The summed E-state index contributed by atoms with van der Waals surface area (Å²) in [6, 6.07) is 8.85. The second kappa shape index (κ2) is 12.6. The molecular formula is C22H32N2O5S. The van der Waals surface area contributed by atoms with Crippen molar-refractivity contribution in [1.29, 1.82) is 0 Å². The van der Waals surface area contributed by atoms with Gasteiger partial charge >= 0.3 is 11.9 Å². The molecule has 3 rings (SSSR count). The molecule has 166 valence electrons. The number of benzene rings is 1. The van der Waals surface area contributed by atoms with Gasteiger partial charge in [0.05, 0.1) is 5.92 Å². The SMILES string of the molecule is CSc1ccc(CN2CCCC(C(=O)N3CCCCCC3)C2)cc1.O=C(O)C(=O)O. The number of nitrogens with zero attached hydrogens (tertiary/aromatic N) is 2. The lowest BCUT2D eigenvalue weighted by atomic mass is 9.96. The number of aliphatic carboxylic acids is 2. The monoisotopic (exact) mass is 436 g/mol. The van der Waals surface area contributed by atoms with Crippen molar-refractivity contribution in [3.05, 3.63) is 29.8 Å². The average Bonchev–Trinajstić information content (AvgIpc) is 3.04. The molecule has 8 heteroatoms. The first kappa shape index (κ1) is 24.2. The van der Waals surface area contributed by atoms with Gasteiger partial charge in [0.25, 0.3) is 0 Å². The Hall–Kier alpha value is -2.06. The lowest BCUT2D eigenvalue weighted by Crippen LogP contribution is -2.44. The first-order valence-electron chi connectivity index (χ1n) is 10.5. The van der Waals surface area contributed by atoms with Crippen molar-refractivity contribution in [3.8, 4) is 0 Å². The predicted octanol–water partition coefficient (Wildman–Crippen LogP) is 3.18. The molecule has 2 N–H and O–H groups in total. The van der Waals surface area contributed by atoms with E-state index in [0.29, 0.717) is 5.91 Å². The summed E-state index contributed by atoms with van der Waals surface area (Å²) in [5.41, 5.74) is 1.36. The van der Waals surface area contributed by atoms with E-state index in [2.05, 4.69) is 40.3 Å². The molecule has 0 radical (unpaired) electrons. The highest BCUT2D eigenvalue weighted by Crippen LogP contribution is 2.23. The molecule has 0 bridgehead atoms. The summed E-state index contributed by atoms with van der Waals surface area (Å²) in [6.07, 6.45) is 9.26. The van der Waals surface area contributed by atoms with Crippen molar-refractivity contribution < 1.29 is 24.6 Å². The molecular weight excluding hydrogens is 404 g/mol. The van der Waals surface area contributed by atoms with Crippen molar-refractivity contribution in [2.75, 3.05) is 32.4 Å². The zero-order chi connectivity index (χ0) is 21.9. The van der Waals surface area contributed by atoms with Gasteiger partial charge in [-0.3, -0.25) is 9.69 Å². The first-order valence-corrected chi connectivity index (χ1v) is 11.7. The van der Waals surface area contributed by atoms with E-state index in [1.54, 1.807) is 11.8 Å². The Bertz CT molecular complexity index is 690. The number of carbonyl (C=O) groups is 3. The molecule has 30 heavy (non-hydrogen) atoms. The maximum atomic E-state index is 12.9. The fraction of sp³-hybridized carbons (Fsp3) is 0.591. The number of carbonyl (C=O) groups excluding carboxylic acids is 1. The number of amides is 1. The molecule has 2 aliphatic rings. The standard InChI is InChI=1S/C20H30N2OS.C2H2O4/c1-24-19-10-8-17(9-11-19)15-21-12-6-7-18(16-21)20(23)22-13-4-2-3-5-14-22;3-1(4)2(5)6/h8-11,18H,2-7,12-16H2,1H3;(H,3,4)(H,5,6). The van der Waals surface area contributed by atoms with Crippen LogP contribution in [0.5, 0.6) is 0 Å². The van der Waals surface area contributed by atoms with E-state index in [1.807, 2.05) is 0 Å². The Balaban J connectivity index is 0.000000469. The summed E-state index contributed by atoms with van der Waals surface area (Å²) in [5.74, 6) is -3.02. The van der Waals surface area contributed by atoms with Crippen LogP contribution in [-0.2, 0) is 20.9 Å². The van der Waals surface area contributed by atoms with Crippen molar-refractivity contribution >= 4 is 29.6 Å². The van der Waals surface area contributed by atoms with Crippen molar-refractivity contribution in [1.82, 2.24) is 9.80 Å². The molecule has 1 atom stereocenters. The van der Waals surface area contributed by atoms with E-state index < -0.39 is 11.9 Å². The molecule has 0 saturated carbocycles. The third-order valence-corrected chi connectivity index (χ3v) is 6.26. The van der Waals surface area contributed by atoms with E-state index >= 15 is 0 Å². The number of likely N-dealkylation sites (tertiary alicyclic amines) is 2. The van der Waals surface area contributed by atoms with Crippen LogP contribution >= 0.6 is 11.8 Å². The topological polar surface area (TPSA) is 98.2 Å². The molecule has 2 saturated heterocycles. The number of hydrogen-bond donors (Lipinski definition) is 2. The van der Waals surface area contributed by atoms with Crippen LogP contribution in [0.25, 0.3) is 0 Å². The largest absolute Gasteiger partial charge is 0.473 e. The van der Waals surface area contributed by atoms with Crippen LogP contribution in [0.2, 0.25) is 0 Å². The number of piperidine rings is 1. The van der Waals surface area contributed by atoms with Crippen LogP contribution in [0, 0.1) is 5.92 Å². The molecule has 1 unspecified atom stereocenters. The third-order valence-electron chi connectivity index (χ3n) is 5.52. The fourth-order valence-corrected chi connectivity index (χ4v) is 4.35. The molecule has 0 aliphatic carbocycles. The lowest BCUT2D eigenvalue weighted by molar-refractivity contribution is -0.159. The minimum Gasteiger partial charge on any atom is -0.473 e. The minimum atomic E-state index is -1.82. The van der Waals surface area contributed by atoms with Crippen LogP contribution in [-0.4, -0.2) is 70.3 Å². The highest BCUT2D eigenvalue weighted by atomic mass is 32.2. The van der Waals surface area contributed by atoms with Crippen LogP contribution in [0.15, 0.2) is 29.2 Å². The van der Waals surface area contributed by atoms with Gasteiger partial charge in [-0.15, -0.1) is 11.8 Å². The summed E-state index contributed by atoms with van der Waals surface area (Å²) in [5, 5.41) is 14.8. The van der Waals surface area contributed by atoms with Crippen molar-refractivity contribution in [2.24, 2.45) is 5.92 Å². The van der Waals surface area contributed by atoms with Gasteiger partial charge in [0, 0.05) is 31.1 Å². The van der Waals surface area contributed by atoms with Gasteiger partial charge < -0.3 is 15.1 Å². The summed E-state index contributed by atoms with van der Waals surface area (Å²) in [6.45, 7) is 4.98. The summed E-state index contributed by atoms with van der Waals surface area (Å²) in [7, 11) is 0. The maximum absolute atomic E-state index is 12.9. The van der Waals surface area contributed by atoms with E-state index in [1.165, 1.54) is 36.1 Å². The van der Waals surface area contributed by atoms with E-state index in [0.717, 1.165) is 45.6 Å². The normalized spacial score (nSPS) is 19.9. The molecule has 1 aromatic carbocycles. The fourth-order valence-electron chi connectivity index (χ4n) is 3.94. The molecule has 2 heterocycles. The Labute approximate surface area is 182 Å². The molecule has 2 aliphatic heterocycles. The van der Waals surface area contributed by atoms with Crippen molar-refractivity contribution in [2.45, 2.75) is 50.0 Å². The van der Waals surface area contributed by atoms with Gasteiger partial charge in [-0.25, -0.2) is 9.59 Å². The third kappa shape index (κ3) is 7.99. The molecule has 2 fully saturated rings. The van der Waals surface area contributed by atoms with Gasteiger partial charge in [0.15, 0.2) is 0 Å². The number of hydrogen-bond acceptors (Lipinski definition) is 5. The Kier molecular flexibility index (Phi) is 10.2. The Morgan fingerprint density at radius 3 is 2.07 bits per heavy atom. The number of thioether (sulfide) groups is 1. The number of carboxylic acids is 2. The zero-order valence-corrected chi connectivity index (χ0v) is 18.4. The smallest absolute Gasteiger partial charge is 0.414 e. The van der Waals surface area contributed by atoms with Crippen LogP contribution in [0.1, 0.15) is 44.1 Å².